The highest BCUT2D eigenvalue weighted by Gasteiger charge is 2.24. The van der Waals surface area contributed by atoms with Crippen molar-refractivity contribution >= 4 is 11.7 Å². The molecule has 0 fully saturated rings. The highest BCUT2D eigenvalue weighted by molar-refractivity contribution is 5.95. The van der Waals surface area contributed by atoms with Crippen LogP contribution < -0.4 is 11.1 Å². The van der Waals surface area contributed by atoms with Crippen molar-refractivity contribution in [3.05, 3.63) is 29.6 Å². The summed E-state index contributed by atoms with van der Waals surface area (Å²) in [5, 5.41) is 14.3. The molecular weight excluding hydrogens is 232 g/mol. The van der Waals surface area contributed by atoms with E-state index in [-0.39, 0.29) is 18.3 Å². The summed E-state index contributed by atoms with van der Waals surface area (Å²) in [6, 6.07) is 3.34. The maximum atomic E-state index is 11.9. The van der Waals surface area contributed by atoms with E-state index in [0.717, 1.165) is 5.69 Å². The van der Waals surface area contributed by atoms with E-state index in [1.807, 2.05) is 6.92 Å². The second-order valence-electron chi connectivity index (χ2n) is 4.74. The lowest BCUT2D eigenvalue weighted by molar-refractivity contribution is 0.0944. The monoisotopic (exact) mass is 250 g/mol. The third kappa shape index (κ3) is 3.44. The van der Waals surface area contributed by atoms with Gasteiger partial charge in [0.15, 0.2) is 0 Å². The largest absolute Gasteiger partial charge is 0.409 e. The maximum absolute atomic E-state index is 11.9. The molecule has 0 atom stereocenters. The number of pyridine rings is 1. The summed E-state index contributed by atoms with van der Waals surface area (Å²) in [6.07, 6.45) is 1.58. The van der Waals surface area contributed by atoms with Crippen molar-refractivity contribution in [1.82, 2.24) is 10.3 Å². The number of aromatic nitrogens is 1. The number of rotatable bonds is 4. The zero-order valence-corrected chi connectivity index (χ0v) is 10.8. The highest BCUT2D eigenvalue weighted by Crippen LogP contribution is 2.13. The van der Waals surface area contributed by atoms with Crippen LogP contribution in [0.4, 0.5) is 0 Å². The molecule has 98 valence electrons. The van der Waals surface area contributed by atoms with Gasteiger partial charge >= 0.3 is 0 Å². The number of carbonyl (C=O) groups is 1. The first-order valence-electron chi connectivity index (χ1n) is 5.55. The minimum atomic E-state index is -0.605. The summed E-state index contributed by atoms with van der Waals surface area (Å²) in [4.78, 5) is 15.9. The standard InChI is InChI=1S/C12H18N4O2/c1-8-6-9(4-5-14-8)10(17)15-7-12(2,3)11(13)16-18/h4-6,18H,7H2,1-3H3,(H2,13,16)(H,15,17). The Labute approximate surface area is 106 Å². The van der Waals surface area contributed by atoms with Crippen molar-refractivity contribution < 1.29 is 10.0 Å². The molecule has 0 radical (unpaired) electrons. The van der Waals surface area contributed by atoms with Crippen LogP contribution in [0.1, 0.15) is 29.9 Å². The van der Waals surface area contributed by atoms with Crippen molar-refractivity contribution in [2.45, 2.75) is 20.8 Å². The van der Waals surface area contributed by atoms with E-state index in [0.29, 0.717) is 5.56 Å². The van der Waals surface area contributed by atoms with E-state index < -0.39 is 5.41 Å². The van der Waals surface area contributed by atoms with E-state index >= 15 is 0 Å². The van der Waals surface area contributed by atoms with Crippen LogP contribution in [0.25, 0.3) is 0 Å². The fourth-order valence-electron chi connectivity index (χ4n) is 1.32. The summed E-state index contributed by atoms with van der Waals surface area (Å²) in [6.45, 7) is 5.65. The number of aryl methyl sites for hydroxylation is 1. The van der Waals surface area contributed by atoms with Crippen LogP contribution in [-0.2, 0) is 0 Å². The third-order valence-corrected chi connectivity index (χ3v) is 2.65. The molecule has 0 bridgehead atoms. The fraction of sp³-hybridized carbons (Fsp3) is 0.417. The smallest absolute Gasteiger partial charge is 0.251 e. The Balaban J connectivity index is 2.67. The number of amidine groups is 1. The molecule has 1 aromatic rings. The molecule has 6 heteroatoms. The van der Waals surface area contributed by atoms with Crippen molar-refractivity contribution in [3.63, 3.8) is 0 Å². The first-order chi connectivity index (χ1) is 8.36. The molecule has 1 amide bonds. The van der Waals surface area contributed by atoms with Gasteiger partial charge < -0.3 is 16.3 Å². The second-order valence-corrected chi connectivity index (χ2v) is 4.74. The average Bonchev–Trinajstić information content (AvgIpc) is 2.35. The molecule has 0 aliphatic heterocycles. The Hall–Kier alpha value is -2.11. The highest BCUT2D eigenvalue weighted by atomic mass is 16.4. The average molecular weight is 250 g/mol. The molecule has 0 saturated heterocycles. The van der Waals surface area contributed by atoms with Gasteiger partial charge in [-0.15, -0.1) is 0 Å². The molecule has 0 aromatic carbocycles. The van der Waals surface area contributed by atoms with Gasteiger partial charge in [0.05, 0.1) is 0 Å². The minimum Gasteiger partial charge on any atom is -0.409 e. The van der Waals surface area contributed by atoms with Gasteiger partial charge in [-0.1, -0.05) is 19.0 Å². The lowest BCUT2D eigenvalue weighted by Gasteiger charge is -2.23. The summed E-state index contributed by atoms with van der Waals surface area (Å²) < 4.78 is 0. The Morgan fingerprint density at radius 2 is 2.28 bits per heavy atom. The molecule has 1 aromatic heterocycles. The zero-order chi connectivity index (χ0) is 13.8. The zero-order valence-electron chi connectivity index (χ0n) is 10.8. The van der Waals surface area contributed by atoms with Gasteiger partial charge in [-0.2, -0.15) is 0 Å². The number of oxime groups is 1. The van der Waals surface area contributed by atoms with Gasteiger partial charge in [0.2, 0.25) is 0 Å². The molecule has 0 spiro atoms. The van der Waals surface area contributed by atoms with E-state index in [9.17, 15) is 4.79 Å². The predicted molar refractivity (Wildman–Crippen MR) is 68.5 cm³/mol. The molecule has 4 N–H and O–H groups in total. The molecule has 1 heterocycles. The van der Waals surface area contributed by atoms with Crippen LogP contribution in [0, 0.1) is 12.3 Å². The third-order valence-electron chi connectivity index (χ3n) is 2.65. The SMILES string of the molecule is Cc1cc(C(=O)NCC(C)(C)/C(N)=N/O)ccn1. The van der Waals surface area contributed by atoms with Crippen molar-refractivity contribution in [3.8, 4) is 0 Å². The van der Waals surface area contributed by atoms with Crippen LogP contribution in [0.5, 0.6) is 0 Å². The van der Waals surface area contributed by atoms with E-state index in [2.05, 4.69) is 15.5 Å². The fourth-order valence-corrected chi connectivity index (χ4v) is 1.32. The predicted octanol–water partition coefficient (Wildman–Crippen LogP) is 0.892. The lowest BCUT2D eigenvalue weighted by atomic mass is 9.92. The summed E-state index contributed by atoms with van der Waals surface area (Å²) >= 11 is 0. The van der Waals surface area contributed by atoms with E-state index in [1.165, 1.54) is 0 Å². The van der Waals surface area contributed by atoms with Gasteiger partial charge in [-0.3, -0.25) is 9.78 Å². The molecule has 0 saturated carbocycles. The second kappa shape index (κ2) is 5.48. The van der Waals surface area contributed by atoms with E-state index in [1.54, 1.807) is 32.2 Å². The maximum Gasteiger partial charge on any atom is 0.251 e. The van der Waals surface area contributed by atoms with Crippen LogP contribution in [-0.4, -0.2) is 28.5 Å². The number of nitrogens with zero attached hydrogens (tertiary/aromatic N) is 2. The normalized spacial score (nSPS) is 12.3. The van der Waals surface area contributed by atoms with Gasteiger partial charge in [0.25, 0.3) is 5.91 Å². The van der Waals surface area contributed by atoms with Crippen LogP contribution in [0.15, 0.2) is 23.5 Å². The topological polar surface area (TPSA) is 101 Å². The molecule has 0 aliphatic rings. The number of nitrogens with one attached hydrogen (secondary N) is 1. The Kier molecular flexibility index (Phi) is 4.25. The first-order valence-corrected chi connectivity index (χ1v) is 5.55. The minimum absolute atomic E-state index is 0.0775. The molecule has 0 unspecified atom stereocenters. The number of hydrogen-bond donors (Lipinski definition) is 3. The Morgan fingerprint density at radius 1 is 1.61 bits per heavy atom. The Bertz CT molecular complexity index is 469. The number of amides is 1. The van der Waals surface area contributed by atoms with Gasteiger partial charge in [0, 0.05) is 29.4 Å². The van der Waals surface area contributed by atoms with E-state index in [4.69, 9.17) is 10.9 Å². The summed E-state index contributed by atoms with van der Waals surface area (Å²) in [5.41, 5.74) is 6.25. The van der Waals surface area contributed by atoms with Crippen molar-refractivity contribution in [2.75, 3.05) is 6.54 Å². The van der Waals surface area contributed by atoms with Crippen molar-refractivity contribution in [1.29, 1.82) is 0 Å². The number of carbonyl (C=O) groups excluding carboxylic acids is 1. The van der Waals surface area contributed by atoms with Gasteiger partial charge in [0.1, 0.15) is 5.84 Å². The molecule has 6 nitrogen and oxygen atoms in total. The first kappa shape index (κ1) is 14.0. The number of nitrogens with two attached hydrogens (primary N) is 1. The molecule has 1 rings (SSSR count). The molecular formula is C12H18N4O2. The number of hydrogen-bond acceptors (Lipinski definition) is 4. The summed E-state index contributed by atoms with van der Waals surface area (Å²) in [7, 11) is 0. The van der Waals surface area contributed by atoms with Crippen LogP contribution >= 0.6 is 0 Å². The van der Waals surface area contributed by atoms with Gasteiger partial charge in [-0.05, 0) is 19.1 Å². The van der Waals surface area contributed by atoms with Crippen LogP contribution in [0.2, 0.25) is 0 Å². The summed E-state index contributed by atoms with van der Waals surface area (Å²) in [5.74, 6) is -0.131. The quantitative estimate of drug-likeness (QED) is 0.320. The van der Waals surface area contributed by atoms with Crippen LogP contribution in [0.3, 0.4) is 0 Å². The van der Waals surface area contributed by atoms with Crippen molar-refractivity contribution in [2.24, 2.45) is 16.3 Å². The van der Waals surface area contributed by atoms with Gasteiger partial charge in [-0.25, -0.2) is 0 Å². The Morgan fingerprint density at radius 3 is 2.83 bits per heavy atom. The lowest BCUT2D eigenvalue weighted by Crippen LogP contribution is -2.42. The molecule has 0 aliphatic carbocycles. The molecule has 18 heavy (non-hydrogen) atoms.